The summed E-state index contributed by atoms with van der Waals surface area (Å²) in [5.74, 6) is 1.04. The van der Waals surface area contributed by atoms with Crippen LogP contribution in [0, 0.1) is 11.8 Å². The summed E-state index contributed by atoms with van der Waals surface area (Å²) < 4.78 is 0. The van der Waals surface area contributed by atoms with Crippen molar-refractivity contribution in [1.82, 2.24) is 10.2 Å². The fourth-order valence-corrected chi connectivity index (χ4v) is 3.81. The predicted molar refractivity (Wildman–Crippen MR) is 83.8 cm³/mol. The van der Waals surface area contributed by atoms with Crippen LogP contribution in [0.15, 0.2) is 0 Å². The maximum absolute atomic E-state index is 12.6. The Balaban J connectivity index is 2.00. The molecule has 0 aromatic heterocycles. The molecule has 1 aliphatic carbocycles. The summed E-state index contributed by atoms with van der Waals surface area (Å²) in [5.41, 5.74) is -0.768. The average Bonchev–Trinajstić information content (AvgIpc) is 2.87. The van der Waals surface area contributed by atoms with Crippen LogP contribution in [0.1, 0.15) is 66.2 Å². The smallest absolute Gasteiger partial charge is 0.248 e. The molecule has 120 valence electrons. The molecule has 2 rings (SSSR count). The Kier molecular flexibility index (Phi) is 4.95. The average molecular weight is 294 g/mol. The molecular formula is C17H30N2O2. The van der Waals surface area contributed by atoms with E-state index >= 15 is 0 Å². The molecule has 1 unspecified atom stereocenters. The molecule has 0 aromatic rings. The van der Waals surface area contributed by atoms with Crippen molar-refractivity contribution in [2.24, 2.45) is 11.8 Å². The molecular weight excluding hydrogens is 264 g/mol. The van der Waals surface area contributed by atoms with Gasteiger partial charge in [0.25, 0.3) is 0 Å². The molecule has 1 aliphatic heterocycles. The molecule has 1 heterocycles. The van der Waals surface area contributed by atoms with Crippen LogP contribution in [0.3, 0.4) is 0 Å². The van der Waals surface area contributed by atoms with E-state index in [4.69, 9.17) is 0 Å². The van der Waals surface area contributed by atoms with Crippen molar-refractivity contribution in [3.63, 3.8) is 0 Å². The molecule has 4 heteroatoms. The van der Waals surface area contributed by atoms with E-state index in [0.717, 1.165) is 18.9 Å². The van der Waals surface area contributed by atoms with Gasteiger partial charge in [-0.15, -0.1) is 0 Å². The maximum atomic E-state index is 12.6. The van der Waals surface area contributed by atoms with E-state index in [1.165, 1.54) is 32.1 Å². The molecule has 0 radical (unpaired) electrons. The number of nitrogens with one attached hydrogen (secondary N) is 1. The summed E-state index contributed by atoms with van der Waals surface area (Å²) in [6.07, 6.45) is 7.61. The number of piperazine rings is 1. The molecule has 21 heavy (non-hydrogen) atoms. The van der Waals surface area contributed by atoms with Gasteiger partial charge in [0.1, 0.15) is 11.6 Å². The Hall–Kier alpha value is -1.06. The summed E-state index contributed by atoms with van der Waals surface area (Å²) in [5, 5.41) is 2.87. The Bertz CT molecular complexity index is 398. The lowest BCUT2D eigenvalue weighted by Crippen LogP contribution is -2.69. The van der Waals surface area contributed by atoms with Gasteiger partial charge >= 0.3 is 0 Å². The zero-order valence-electron chi connectivity index (χ0n) is 13.9. The lowest BCUT2D eigenvalue weighted by Gasteiger charge is -2.44. The zero-order valence-corrected chi connectivity index (χ0v) is 13.9. The van der Waals surface area contributed by atoms with Crippen LogP contribution in [0.4, 0.5) is 0 Å². The van der Waals surface area contributed by atoms with Gasteiger partial charge in [-0.05, 0) is 38.5 Å². The van der Waals surface area contributed by atoms with Crippen LogP contribution in [0.2, 0.25) is 0 Å². The minimum Gasteiger partial charge on any atom is -0.340 e. The van der Waals surface area contributed by atoms with Gasteiger partial charge in [0, 0.05) is 6.54 Å². The largest absolute Gasteiger partial charge is 0.340 e. The first kappa shape index (κ1) is 16.3. The number of nitrogens with zero attached hydrogens (tertiary/aromatic N) is 1. The molecule has 4 nitrogen and oxygen atoms in total. The number of rotatable bonds is 5. The number of hydrogen-bond donors (Lipinski definition) is 1. The molecule has 2 amide bonds. The van der Waals surface area contributed by atoms with Gasteiger partial charge in [-0.2, -0.15) is 0 Å². The molecule has 2 fully saturated rings. The normalized spacial score (nSPS) is 26.5. The van der Waals surface area contributed by atoms with Crippen LogP contribution in [0.25, 0.3) is 0 Å². The van der Waals surface area contributed by atoms with Gasteiger partial charge in [0.15, 0.2) is 0 Å². The lowest BCUT2D eigenvalue weighted by molar-refractivity contribution is -0.155. The van der Waals surface area contributed by atoms with Crippen molar-refractivity contribution in [2.45, 2.75) is 77.8 Å². The van der Waals surface area contributed by atoms with Crippen LogP contribution in [-0.4, -0.2) is 34.8 Å². The van der Waals surface area contributed by atoms with Crippen molar-refractivity contribution in [3.05, 3.63) is 0 Å². The Morgan fingerprint density at radius 3 is 2.43 bits per heavy atom. The van der Waals surface area contributed by atoms with Gasteiger partial charge in [-0.3, -0.25) is 9.59 Å². The van der Waals surface area contributed by atoms with E-state index in [2.05, 4.69) is 5.32 Å². The van der Waals surface area contributed by atoms with Crippen LogP contribution >= 0.6 is 0 Å². The molecule has 1 saturated heterocycles. The highest BCUT2D eigenvalue weighted by atomic mass is 16.2. The van der Waals surface area contributed by atoms with E-state index in [0.29, 0.717) is 0 Å². The topological polar surface area (TPSA) is 49.4 Å². The van der Waals surface area contributed by atoms with Crippen LogP contribution in [-0.2, 0) is 9.59 Å². The number of amides is 2. The van der Waals surface area contributed by atoms with Crippen molar-refractivity contribution in [1.29, 1.82) is 0 Å². The summed E-state index contributed by atoms with van der Waals surface area (Å²) >= 11 is 0. The van der Waals surface area contributed by atoms with Crippen molar-refractivity contribution in [2.75, 3.05) is 6.54 Å². The molecule has 2 aliphatic rings. The Labute approximate surface area is 128 Å². The summed E-state index contributed by atoms with van der Waals surface area (Å²) in [7, 11) is 0. The summed E-state index contributed by atoms with van der Waals surface area (Å²) in [6, 6.07) is -0.311. The highest BCUT2D eigenvalue weighted by molar-refractivity contribution is 5.99. The van der Waals surface area contributed by atoms with E-state index in [1.54, 1.807) is 13.8 Å². The van der Waals surface area contributed by atoms with Gasteiger partial charge < -0.3 is 10.2 Å². The molecule has 1 saturated carbocycles. The third kappa shape index (κ3) is 3.58. The highest BCUT2D eigenvalue weighted by Crippen LogP contribution is 2.29. The standard InChI is InChI=1S/C17H30N2O2/c1-12(2)14-15(20)18-17(3,4)16(21)19(14)11-7-10-13-8-5-6-9-13/h12-14H,5-11H2,1-4H3,(H,18,20). The Morgan fingerprint density at radius 1 is 1.24 bits per heavy atom. The fourth-order valence-electron chi connectivity index (χ4n) is 3.81. The van der Waals surface area contributed by atoms with Crippen LogP contribution < -0.4 is 5.32 Å². The monoisotopic (exact) mass is 294 g/mol. The third-order valence-electron chi connectivity index (χ3n) is 4.95. The zero-order chi connectivity index (χ0) is 15.6. The summed E-state index contributed by atoms with van der Waals surface area (Å²) in [6.45, 7) is 8.34. The predicted octanol–water partition coefficient (Wildman–Crippen LogP) is 2.72. The fraction of sp³-hybridized carbons (Fsp3) is 0.882. The number of carbonyl (C=O) groups is 2. The van der Waals surface area contributed by atoms with Gasteiger partial charge in [-0.1, -0.05) is 39.5 Å². The Morgan fingerprint density at radius 2 is 1.86 bits per heavy atom. The van der Waals surface area contributed by atoms with Crippen molar-refractivity contribution < 1.29 is 9.59 Å². The first-order valence-electron chi connectivity index (χ1n) is 8.46. The second-order valence-electron chi connectivity index (χ2n) is 7.59. The minimum atomic E-state index is -0.768. The SMILES string of the molecule is CC(C)C1C(=O)NC(C)(C)C(=O)N1CCCC1CCCC1. The van der Waals surface area contributed by atoms with E-state index < -0.39 is 5.54 Å². The number of hydrogen-bond acceptors (Lipinski definition) is 2. The van der Waals surface area contributed by atoms with E-state index in [9.17, 15) is 9.59 Å². The summed E-state index contributed by atoms with van der Waals surface area (Å²) in [4.78, 5) is 26.8. The lowest BCUT2D eigenvalue weighted by atomic mass is 9.91. The first-order valence-corrected chi connectivity index (χ1v) is 8.46. The van der Waals surface area contributed by atoms with Crippen molar-refractivity contribution in [3.8, 4) is 0 Å². The van der Waals surface area contributed by atoms with Crippen LogP contribution in [0.5, 0.6) is 0 Å². The number of carbonyl (C=O) groups excluding carboxylic acids is 2. The molecule has 0 aromatic carbocycles. The van der Waals surface area contributed by atoms with Crippen molar-refractivity contribution >= 4 is 11.8 Å². The molecule has 1 atom stereocenters. The minimum absolute atomic E-state index is 0.00420. The second kappa shape index (κ2) is 6.37. The van der Waals surface area contributed by atoms with Gasteiger partial charge in [-0.25, -0.2) is 0 Å². The quantitative estimate of drug-likeness (QED) is 0.847. The van der Waals surface area contributed by atoms with Gasteiger partial charge in [0.05, 0.1) is 0 Å². The molecule has 0 spiro atoms. The molecule has 0 bridgehead atoms. The first-order chi connectivity index (χ1) is 9.83. The molecule has 1 N–H and O–H groups in total. The highest BCUT2D eigenvalue weighted by Gasteiger charge is 2.45. The maximum Gasteiger partial charge on any atom is 0.248 e. The second-order valence-corrected chi connectivity index (χ2v) is 7.59. The van der Waals surface area contributed by atoms with Gasteiger partial charge in [0.2, 0.25) is 11.8 Å². The van der Waals surface area contributed by atoms with E-state index in [-0.39, 0.29) is 23.8 Å². The third-order valence-corrected chi connectivity index (χ3v) is 4.95. The van der Waals surface area contributed by atoms with E-state index in [1.807, 2.05) is 18.7 Å².